The number of carbonyl (C=O) groups excluding carboxylic acids is 2. The molecule has 1 aromatic heterocycles. The van der Waals surface area contributed by atoms with Gasteiger partial charge in [-0.15, -0.1) is 11.3 Å². The summed E-state index contributed by atoms with van der Waals surface area (Å²) in [7, 11) is 0. The first-order valence-corrected chi connectivity index (χ1v) is 16.9. The molecule has 2 amide bonds. The third-order valence-electron chi connectivity index (χ3n) is 9.19. The zero-order valence-corrected chi connectivity index (χ0v) is 27.5. The lowest BCUT2D eigenvalue weighted by Crippen LogP contribution is -2.38. The van der Waals surface area contributed by atoms with E-state index in [4.69, 9.17) is 4.98 Å². The molecule has 6 rings (SSSR count). The van der Waals surface area contributed by atoms with Crippen molar-refractivity contribution in [1.29, 1.82) is 0 Å². The molecule has 0 saturated carbocycles. The van der Waals surface area contributed by atoms with Crippen LogP contribution in [0.3, 0.4) is 0 Å². The van der Waals surface area contributed by atoms with Crippen molar-refractivity contribution in [3.63, 3.8) is 0 Å². The van der Waals surface area contributed by atoms with E-state index in [9.17, 15) is 22.8 Å². The largest absolute Gasteiger partial charge is 0.416 e. The summed E-state index contributed by atoms with van der Waals surface area (Å²) >= 11 is 1.48. The molecule has 0 aliphatic carbocycles. The van der Waals surface area contributed by atoms with Crippen LogP contribution in [0.5, 0.6) is 0 Å². The van der Waals surface area contributed by atoms with Crippen molar-refractivity contribution in [2.75, 3.05) is 13.1 Å². The summed E-state index contributed by atoms with van der Waals surface area (Å²) in [5.41, 5.74) is 3.39. The van der Waals surface area contributed by atoms with Crippen LogP contribution in [0.15, 0.2) is 115 Å². The molecule has 0 spiro atoms. The van der Waals surface area contributed by atoms with Crippen LogP contribution >= 0.6 is 11.3 Å². The fraction of sp³-hybridized carbons (Fsp3) is 0.256. The highest BCUT2D eigenvalue weighted by molar-refractivity contribution is 7.09. The molecule has 2 atom stereocenters. The van der Waals surface area contributed by atoms with Gasteiger partial charge in [-0.1, -0.05) is 91.0 Å². The van der Waals surface area contributed by atoms with Gasteiger partial charge in [0, 0.05) is 30.0 Å². The van der Waals surface area contributed by atoms with Gasteiger partial charge in [0.15, 0.2) is 0 Å². The predicted octanol–water partition coefficient (Wildman–Crippen LogP) is 9.81. The molecule has 2 heterocycles. The Balaban J connectivity index is 1.16. The van der Waals surface area contributed by atoms with Crippen molar-refractivity contribution in [3.8, 4) is 11.1 Å². The molecule has 1 saturated heterocycles. The predicted molar refractivity (Wildman–Crippen MR) is 183 cm³/mol. The quantitative estimate of drug-likeness (QED) is 0.166. The van der Waals surface area contributed by atoms with E-state index in [1.807, 2.05) is 84.8 Å². The number of rotatable bonds is 8. The number of carbonyl (C=O) groups is 2. The van der Waals surface area contributed by atoms with Crippen LogP contribution in [0, 0.1) is 0 Å². The molecular formula is C39H36F3N3O2S. The third kappa shape index (κ3) is 7.06. The molecule has 9 heteroatoms. The Morgan fingerprint density at radius 2 is 1.33 bits per heavy atom. The van der Waals surface area contributed by atoms with Gasteiger partial charge in [-0.25, -0.2) is 4.98 Å². The van der Waals surface area contributed by atoms with Crippen molar-refractivity contribution in [2.24, 2.45) is 0 Å². The second kappa shape index (κ2) is 14.2. The Labute approximate surface area is 282 Å². The van der Waals surface area contributed by atoms with Gasteiger partial charge < -0.3 is 9.80 Å². The summed E-state index contributed by atoms with van der Waals surface area (Å²) in [6.07, 6.45) is -3.04. The second-order valence-electron chi connectivity index (χ2n) is 12.1. The molecule has 0 radical (unpaired) electrons. The van der Waals surface area contributed by atoms with Crippen LogP contribution in [0.2, 0.25) is 0 Å². The van der Waals surface area contributed by atoms with E-state index in [-0.39, 0.29) is 29.8 Å². The maximum Gasteiger partial charge on any atom is 0.416 e. The lowest BCUT2D eigenvalue weighted by atomic mass is 9.94. The van der Waals surface area contributed by atoms with Crippen molar-refractivity contribution in [1.82, 2.24) is 14.8 Å². The summed E-state index contributed by atoms with van der Waals surface area (Å²) in [4.78, 5) is 36.4. The zero-order chi connectivity index (χ0) is 33.8. The van der Waals surface area contributed by atoms with Crippen LogP contribution in [0.4, 0.5) is 13.2 Å². The van der Waals surface area contributed by atoms with E-state index in [1.165, 1.54) is 23.5 Å². The summed E-state index contributed by atoms with van der Waals surface area (Å²) in [6.45, 7) is 5.11. The van der Waals surface area contributed by atoms with Crippen molar-refractivity contribution < 1.29 is 22.8 Å². The summed E-state index contributed by atoms with van der Waals surface area (Å²) < 4.78 is 39.3. The minimum Gasteiger partial charge on any atom is -0.339 e. The van der Waals surface area contributed by atoms with Gasteiger partial charge in [-0.2, -0.15) is 13.2 Å². The summed E-state index contributed by atoms with van der Waals surface area (Å²) in [5.74, 6) is -0.172. The second-order valence-corrected chi connectivity index (χ2v) is 13.0. The molecule has 1 aliphatic heterocycles. The molecule has 1 fully saturated rings. The zero-order valence-electron chi connectivity index (χ0n) is 26.7. The Morgan fingerprint density at radius 3 is 1.90 bits per heavy atom. The van der Waals surface area contributed by atoms with Gasteiger partial charge >= 0.3 is 6.18 Å². The number of thiazole rings is 1. The van der Waals surface area contributed by atoms with Gasteiger partial charge in [0.25, 0.3) is 11.8 Å². The van der Waals surface area contributed by atoms with Gasteiger partial charge in [0.1, 0.15) is 5.69 Å². The number of hydrogen-bond donors (Lipinski definition) is 0. The van der Waals surface area contributed by atoms with Crippen LogP contribution in [-0.4, -0.2) is 39.7 Å². The number of alkyl halides is 3. The number of halogens is 3. The molecule has 2 unspecified atom stereocenters. The number of amides is 2. The molecule has 5 aromatic rings. The average molecular weight is 668 g/mol. The first kappa shape index (κ1) is 33.2. The van der Waals surface area contributed by atoms with Crippen LogP contribution in [0.1, 0.15) is 87.2 Å². The minimum absolute atomic E-state index is 0.109. The Bertz CT molecular complexity index is 1810. The SMILES string of the molecule is CC(c1ccccc1)N(C(=O)c1csc(C2CCN(C(=O)c3ccccc3-c3ccc(C(F)(F)F)cc3)CC2)n1)C(C)c1ccccc1. The Morgan fingerprint density at radius 1 is 0.792 bits per heavy atom. The highest BCUT2D eigenvalue weighted by Crippen LogP contribution is 2.36. The highest BCUT2D eigenvalue weighted by atomic mass is 32.1. The van der Waals surface area contributed by atoms with Crippen molar-refractivity contribution in [2.45, 2.75) is 50.9 Å². The monoisotopic (exact) mass is 667 g/mol. The number of nitrogens with zero attached hydrogens (tertiary/aromatic N) is 3. The average Bonchev–Trinajstić information content (AvgIpc) is 3.62. The fourth-order valence-electron chi connectivity index (χ4n) is 6.44. The van der Waals surface area contributed by atoms with Gasteiger partial charge in [0.05, 0.1) is 22.7 Å². The molecule has 4 aromatic carbocycles. The number of hydrogen-bond acceptors (Lipinski definition) is 4. The first-order chi connectivity index (χ1) is 23.1. The normalized spacial score (nSPS) is 15.1. The number of benzene rings is 4. The maximum absolute atomic E-state index is 14.1. The lowest BCUT2D eigenvalue weighted by molar-refractivity contribution is -0.137. The summed E-state index contributed by atoms with van der Waals surface area (Å²) in [6, 6.07) is 31.5. The van der Waals surface area contributed by atoms with E-state index in [1.54, 1.807) is 29.2 Å². The Kier molecular flexibility index (Phi) is 9.78. The topological polar surface area (TPSA) is 53.5 Å². The highest BCUT2D eigenvalue weighted by Gasteiger charge is 2.33. The minimum atomic E-state index is -4.43. The van der Waals surface area contributed by atoms with Crippen molar-refractivity contribution in [3.05, 3.63) is 148 Å². The van der Waals surface area contributed by atoms with Crippen LogP contribution in [0.25, 0.3) is 11.1 Å². The van der Waals surface area contributed by atoms with Gasteiger partial charge in [-0.3, -0.25) is 9.59 Å². The van der Waals surface area contributed by atoms with Crippen LogP contribution in [-0.2, 0) is 6.18 Å². The molecule has 246 valence electrons. The van der Waals surface area contributed by atoms with Gasteiger partial charge in [-0.05, 0) is 67.1 Å². The molecular weight excluding hydrogens is 632 g/mol. The molecule has 1 aliphatic rings. The molecule has 5 nitrogen and oxygen atoms in total. The van der Waals surface area contributed by atoms with E-state index in [0.29, 0.717) is 48.3 Å². The standard InChI is InChI=1S/C39H36F3N3O2S/c1-26(28-11-5-3-6-12-28)45(27(2)29-13-7-4-8-14-29)38(47)35-25-48-36(43-35)31-21-23-44(24-22-31)37(46)34-16-10-9-15-33(34)30-17-19-32(20-18-30)39(40,41)42/h3-20,25-27,31H,21-24H2,1-2H3. The number of likely N-dealkylation sites (tertiary alicyclic amines) is 1. The first-order valence-electron chi connectivity index (χ1n) is 16.1. The van der Waals surface area contributed by atoms with Crippen LogP contribution < -0.4 is 0 Å². The van der Waals surface area contributed by atoms with E-state index in [0.717, 1.165) is 28.3 Å². The van der Waals surface area contributed by atoms with Crippen molar-refractivity contribution >= 4 is 23.2 Å². The Hall–Kier alpha value is -4.76. The number of piperidine rings is 1. The van der Waals surface area contributed by atoms with E-state index in [2.05, 4.69) is 0 Å². The maximum atomic E-state index is 14.1. The van der Waals surface area contributed by atoms with E-state index < -0.39 is 11.7 Å². The molecule has 48 heavy (non-hydrogen) atoms. The fourth-order valence-corrected chi connectivity index (χ4v) is 7.40. The molecule has 0 N–H and O–H groups in total. The smallest absolute Gasteiger partial charge is 0.339 e. The summed E-state index contributed by atoms with van der Waals surface area (Å²) in [5, 5.41) is 2.73. The van der Waals surface area contributed by atoms with E-state index >= 15 is 0 Å². The molecule has 0 bridgehead atoms. The lowest BCUT2D eigenvalue weighted by Gasteiger charge is -2.35. The number of aromatic nitrogens is 1. The third-order valence-corrected chi connectivity index (χ3v) is 10.2. The van der Waals surface area contributed by atoms with Gasteiger partial charge in [0.2, 0.25) is 0 Å².